The first-order valence-corrected chi connectivity index (χ1v) is 10.7. The molecule has 0 spiro atoms. The van der Waals surface area contributed by atoms with Crippen LogP contribution in [-0.2, 0) is 9.53 Å². The van der Waals surface area contributed by atoms with Gasteiger partial charge in [-0.25, -0.2) is 0 Å². The number of benzene rings is 2. The summed E-state index contributed by atoms with van der Waals surface area (Å²) >= 11 is 5.87. The highest BCUT2D eigenvalue weighted by Crippen LogP contribution is 2.32. The van der Waals surface area contributed by atoms with Crippen molar-refractivity contribution >= 4 is 35.1 Å². The van der Waals surface area contributed by atoms with Crippen LogP contribution in [0, 0.1) is 0 Å². The number of carbonyl (C=O) groups is 3. The van der Waals surface area contributed by atoms with E-state index in [9.17, 15) is 14.4 Å². The fourth-order valence-electron chi connectivity index (χ4n) is 4.10. The quantitative estimate of drug-likeness (QED) is 0.727. The summed E-state index contributed by atoms with van der Waals surface area (Å²) in [6.45, 7) is 0.196. The van der Waals surface area contributed by atoms with Gasteiger partial charge in [-0.3, -0.25) is 14.4 Å². The molecule has 3 atom stereocenters. The van der Waals surface area contributed by atoms with Crippen LogP contribution in [0.3, 0.4) is 0 Å². The number of halogens is 1. The number of rotatable bonds is 4. The highest BCUT2D eigenvalue weighted by molar-refractivity contribution is 6.30. The van der Waals surface area contributed by atoms with E-state index in [4.69, 9.17) is 26.2 Å². The number of hydrogen-bond donors (Lipinski definition) is 2. The van der Waals surface area contributed by atoms with Gasteiger partial charge in [0.1, 0.15) is 18.5 Å². The fraction of sp³-hybridized carbons (Fsp3) is 0.348. The SMILES string of the molecule is CN1C(=O)c2cc(NC(=O)c3ccc(Cl)cc3)ccc2OC[C@H]2O[C@H](CC(=O)O)CC[C@@H]21. The highest BCUT2D eigenvalue weighted by Gasteiger charge is 2.39. The third-order valence-corrected chi connectivity index (χ3v) is 6.03. The molecule has 168 valence electrons. The number of carboxylic acid groups (broad SMARTS) is 1. The Kier molecular flexibility index (Phi) is 6.34. The Balaban J connectivity index is 1.53. The van der Waals surface area contributed by atoms with E-state index >= 15 is 0 Å². The topological polar surface area (TPSA) is 105 Å². The summed E-state index contributed by atoms with van der Waals surface area (Å²) in [4.78, 5) is 38.4. The Morgan fingerprint density at radius 3 is 2.66 bits per heavy atom. The summed E-state index contributed by atoms with van der Waals surface area (Å²) in [5, 5.41) is 12.4. The number of anilines is 1. The molecule has 0 aromatic heterocycles. The highest BCUT2D eigenvalue weighted by atomic mass is 35.5. The zero-order valence-electron chi connectivity index (χ0n) is 17.4. The van der Waals surface area contributed by atoms with Crippen LogP contribution in [0.5, 0.6) is 5.75 Å². The Bertz CT molecular complexity index is 1040. The van der Waals surface area contributed by atoms with Gasteiger partial charge in [0, 0.05) is 23.3 Å². The van der Waals surface area contributed by atoms with Gasteiger partial charge in [0.25, 0.3) is 11.8 Å². The molecular formula is C23H23ClN2O6. The number of likely N-dealkylation sites (N-methyl/N-ethyl adjacent to an activating group) is 1. The van der Waals surface area contributed by atoms with Gasteiger partial charge < -0.3 is 24.8 Å². The number of fused-ring (bicyclic) bond motifs is 2. The standard InChI is InChI=1S/C23H23ClN2O6/c1-26-18-8-7-16(11-21(27)28)32-20(18)12-31-19-9-6-15(10-17(19)23(26)30)25-22(29)13-2-4-14(24)5-3-13/h2-6,9-10,16,18,20H,7-8,11-12H2,1H3,(H,25,29)(H,27,28)/t16-,18-,20+/m0/s1. The predicted octanol–water partition coefficient (Wildman–Crippen LogP) is 3.45. The number of ether oxygens (including phenoxy) is 2. The van der Waals surface area contributed by atoms with E-state index in [1.165, 1.54) is 0 Å². The molecule has 0 bridgehead atoms. The molecule has 1 saturated heterocycles. The molecule has 9 heteroatoms. The van der Waals surface area contributed by atoms with Crippen LogP contribution in [0.4, 0.5) is 5.69 Å². The lowest BCUT2D eigenvalue weighted by Crippen LogP contribution is -2.53. The van der Waals surface area contributed by atoms with Crippen LogP contribution in [0.2, 0.25) is 5.02 Å². The summed E-state index contributed by atoms with van der Waals surface area (Å²) in [6, 6.07) is 11.2. The lowest BCUT2D eigenvalue weighted by Gasteiger charge is -2.42. The average molecular weight is 459 g/mol. The molecule has 4 rings (SSSR count). The summed E-state index contributed by atoms with van der Waals surface area (Å²) in [6.07, 6.45) is 0.282. The molecule has 1 fully saturated rings. The summed E-state index contributed by atoms with van der Waals surface area (Å²) in [5.41, 5.74) is 1.25. The Labute approximate surface area is 190 Å². The van der Waals surface area contributed by atoms with Crippen molar-refractivity contribution in [2.75, 3.05) is 19.0 Å². The van der Waals surface area contributed by atoms with E-state index in [0.717, 1.165) is 0 Å². The molecular weight excluding hydrogens is 436 g/mol. The molecule has 8 nitrogen and oxygen atoms in total. The van der Waals surface area contributed by atoms with E-state index in [1.54, 1.807) is 54.4 Å². The first-order valence-electron chi connectivity index (χ1n) is 10.3. The molecule has 2 aromatic carbocycles. The minimum atomic E-state index is -0.914. The van der Waals surface area contributed by atoms with Gasteiger partial charge in [-0.15, -0.1) is 0 Å². The van der Waals surface area contributed by atoms with E-state index in [1.807, 2.05) is 0 Å². The van der Waals surface area contributed by atoms with Crippen LogP contribution in [-0.4, -0.2) is 59.7 Å². The van der Waals surface area contributed by atoms with E-state index in [-0.39, 0.29) is 30.9 Å². The molecule has 32 heavy (non-hydrogen) atoms. The van der Waals surface area contributed by atoms with Gasteiger partial charge >= 0.3 is 5.97 Å². The zero-order valence-corrected chi connectivity index (χ0v) is 18.2. The molecule has 0 saturated carbocycles. The normalized spacial score (nSPS) is 22.6. The second-order valence-corrected chi connectivity index (χ2v) is 8.37. The molecule has 2 aliphatic rings. The van der Waals surface area contributed by atoms with Gasteiger partial charge in [0.2, 0.25) is 0 Å². The lowest BCUT2D eigenvalue weighted by atomic mass is 9.94. The lowest BCUT2D eigenvalue weighted by molar-refractivity contribution is -0.148. The number of carboxylic acids is 1. The second kappa shape index (κ2) is 9.18. The minimum absolute atomic E-state index is 0.0753. The smallest absolute Gasteiger partial charge is 0.305 e. The maximum atomic E-state index is 13.2. The van der Waals surface area contributed by atoms with Crippen molar-refractivity contribution < 1.29 is 29.0 Å². The molecule has 0 radical (unpaired) electrons. The van der Waals surface area contributed by atoms with E-state index in [0.29, 0.717) is 40.4 Å². The average Bonchev–Trinajstić information content (AvgIpc) is 2.76. The van der Waals surface area contributed by atoms with Crippen molar-refractivity contribution in [3.05, 3.63) is 58.6 Å². The van der Waals surface area contributed by atoms with Crippen molar-refractivity contribution in [1.29, 1.82) is 0 Å². The van der Waals surface area contributed by atoms with Gasteiger partial charge in [-0.1, -0.05) is 11.6 Å². The summed E-state index contributed by atoms with van der Waals surface area (Å²) in [5.74, 6) is -1.10. The van der Waals surface area contributed by atoms with Gasteiger partial charge in [0.05, 0.1) is 24.1 Å². The number of nitrogens with one attached hydrogen (secondary N) is 1. The largest absolute Gasteiger partial charge is 0.490 e. The maximum Gasteiger partial charge on any atom is 0.305 e. The summed E-state index contributed by atoms with van der Waals surface area (Å²) in [7, 11) is 1.70. The maximum absolute atomic E-state index is 13.2. The monoisotopic (exact) mass is 458 g/mol. The van der Waals surface area contributed by atoms with E-state index < -0.39 is 18.2 Å². The number of aliphatic carboxylic acids is 1. The number of hydrogen-bond acceptors (Lipinski definition) is 5. The molecule has 0 aliphatic carbocycles. The van der Waals surface area contributed by atoms with Gasteiger partial charge in [-0.2, -0.15) is 0 Å². The predicted molar refractivity (Wildman–Crippen MR) is 117 cm³/mol. The molecule has 0 unspecified atom stereocenters. The third kappa shape index (κ3) is 4.71. The number of nitrogens with zero attached hydrogens (tertiary/aromatic N) is 1. The Hall–Kier alpha value is -3.10. The van der Waals surface area contributed by atoms with Crippen molar-refractivity contribution in [2.24, 2.45) is 0 Å². The van der Waals surface area contributed by atoms with Crippen molar-refractivity contribution in [1.82, 2.24) is 4.90 Å². The molecule has 2 aromatic rings. The number of carbonyl (C=O) groups excluding carboxylic acids is 2. The van der Waals surface area contributed by atoms with Crippen LogP contribution >= 0.6 is 11.6 Å². The first-order chi connectivity index (χ1) is 15.3. The van der Waals surface area contributed by atoms with Crippen molar-refractivity contribution in [3.8, 4) is 5.75 Å². The van der Waals surface area contributed by atoms with E-state index in [2.05, 4.69) is 5.32 Å². The molecule has 2 aliphatic heterocycles. The van der Waals surface area contributed by atoms with Crippen LogP contribution in [0.1, 0.15) is 40.0 Å². The zero-order chi connectivity index (χ0) is 22.8. The molecule has 2 heterocycles. The van der Waals surface area contributed by atoms with Gasteiger partial charge in [-0.05, 0) is 55.3 Å². The number of amides is 2. The second-order valence-electron chi connectivity index (χ2n) is 7.94. The van der Waals surface area contributed by atoms with Gasteiger partial charge in [0.15, 0.2) is 0 Å². The summed E-state index contributed by atoms with van der Waals surface area (Å²) < 4.78 is 11.8. The third-order valence-electron chi connectivity index (χ3n) is 5.78. The van der Waals surface area contributed by atoms with Crippen LogP contribution in [0.15, 0.2) is 42.5 Å². The molecule has 2 amide bonds. The fourth-order valence-corrected chi connectivity index (χ4v) is 4.23. The van der Waals surface area contributed by atoms with Crippen molar-refractivity contribution in [2.45, 2.75) is 37.5 Å². The van der Waals surface area contributed by atoms with Crippen molar-refractivity contribution in [3.63, 3.8) is 0 Å². The first kappa shape index (κ1) is 22.1. The molecule has 2 N–H and O–H groups in total. The minimum Gasteiger partial charge on any atom is -0.490 e. The Morgan fingerprint density at radius 1 is 1.19 bits per heavy atom. The van der Waals surface area contributed by atoms with Crippen LogP contribution < -0.4 is 10.1 Å². The Morgan fingerprint density at radius 2 is 1.94 bits per heavy atom. The van der Waals surface area contributed by atoms with Crippen LogP contribution in [0.25, 0.3) is 0 Å².